The second-order valence-corrected chi connectivity index (χ2v) is 7.68. The van der Waals surface area contributed by atoms with Gasteiger partial charge in [0.05, 0.1) is 11.4 Å². The summed E-state index contributed by atoms with van der Waals surface area (Å²) in [6.07, 6.45) is 3.51. The molecule has 0 atom stereocenters. The summed E-state index contributed by atoms with van der Waals surface area (Å²) in [5.41, 5.74) is 11.8. The summed E-state index contributed by atoms with van der Waals surface area (Å²) in [5, 5.41) is 0.670. The largest absolute Gasteiger partial charge is 0.484 e. The molecule has 0 unspecified atom stereocenters. The normalized spacial score (nSPS) is 10.8. The first-order valence-corrected chi connectivity index (χ1v) is 10.1. The van der Waals surface area contributed by atoms with Gasteiger partial charge in [0.1, 0.15) is 11.6 Å². The third-order valence-corrected chi connectivity index (χ3v) is 5.17. The number of aromatic amines is 1. The summed E-state index contributed by atoms with van der Waals surface area (Å²) in [6, 6.07) is 15.2. The van der Waals surface area contributed by atoms with Crippen LogP contribution in [0.1, 0.15) is 11.1 Å². The summed E-state index contributed by atoms with van der Waals surface area (Å²) in [6.45, 7) is 3.80. The molecule has 2 aromatic carbocycles. The van der Waals surface area contributed by atoms with E-state index in [2.05, 4.69) is 9.97 Å². The number of imidazole rings is 1. The fourth-order valence-electron chi connectivity index (χ4n) is 3.57. The number of primary amides is 1. The maximum Gasteiger partial charge on any atom is 0.255 e. The standard InChI is InChI=1S/C24H21ClN4O2/c1-14-11-19(31-13-20(26)30)12-15(2)21(14)24-28-22(16-3-5-18(25)6-4-16)23(29-24)17-7-9-27-10-8-17/h3-12H,13H2,1-2H3,(H2,26,30)(H,28,29). The minimum absolute atomic E-state index is 0.161. The first-order valence-electron chi connectivity index (χ1n) is 9.71. The van der Waals surface area contributed by atoms with Crippen LogP contribution in [0, 0.1) is 13.8 Å². The number of nitrogens with zero attached hydrogens (tertiary/aromatic N) is 2. The molecule has 7 heteroatoms. The van der Waals surface area contributed by atoms with E-state index in [0.29, 0.717) is 10.8 Å². The van der Waals surface area contributed by atoms with E-state index >= 15 is 0 Å². The Morgan fingerprint density at radius 3 is 2.29 bits per heavy atom. The molecule has 1 amide bonds. The minimum atomic E-state index is -0.514. The molecule has 0 aliphatic carbocycles. The number of carbonyl (C=O) groups is 1. The van der Waals surface area contributed by atoms with Crippen molar-refractivity contribution >= 4 is 17.5 Å². The second-order valence-electron chi connectivity index (χ2n) is 7.24. The number of aromatic nitrogens is 3. The van der Waals surface area contributed by atoms with Gasteiger partial charge in [0.2, 0.25) is 0 Å². The Bertz CT molecular complexity index is 1210. The Morgan fingerprint density at radius 2 is 1.68 bits per heavy atom. The molecule has 0 aliphatic heterocycles. The first kappa shape index (κ1) is 20.6. The van der Waals surface area contributed by atoms with E-state index < -0.39 is 5.91 Å². The van der Waals surface area contributed by atoms with Crippen LogP contribution in [0.15, 0.2) is 60.9 Å². The molecule has 0 spiro atoms. The maximum absolute atomic E-state index is 11.0. The molecule has 31 heavy (non-hydrogen) atoms. The van der Waals surface area contributed by atoms with Gasteiger partial charge in [0.25, 0.3) is 5.91 Å². The molecule has 2 heterocycles. The number of hydrogen-bond donors (Lipinski definition) is 2. The highest BCUT2D eigenvalue weighted by molar-refractivity contribution is 6.30. The van der Waals surface area contributed by atoms with Crippen LogP contribution in [0.3, 0.4) is 0 Å². The smallest absolute Gasteiger partial charge is 0.255 e. The monoisotopic (exact) mass is 432 g/mol. The number of amides is 1. The van der Waals surface area contributed by atoms with E-state index in [1.54, 1.807) is 12.4 Å². The van der Waals surface area contributed by atoms with E-state index in [0.717, 1.165) is 45.0 Å². The number of pyridine rings is 1. The van der Waals surface area contributed by atoms with E-state index in [9.17, 15) is 4.79 Å². The molecule has 4 rings (SSSR count). The predicted molar refractivity (Wildman–Crippen MR) is 122 cm³/mol. The Kier molecular flexibility index (Phi) is 5.73. The van der Waals surface area contributed by atoms with Crippen LogP contribution in [0.2, 0.25) is 5.02 Å². The van der Waals surface area contributed by atoms with Crippen LogP contribution in [-0.2, 0) is 4.79 Å². The van der Waals surface area contributed by atoms with Crippen LogP contribution >= 0.6 is 11.6 Å². The fourth-order valence-corrected chi connectivity index (χ4v) is 3.70. The van der Waals surface area contributed by atoms with Crippen LogP contribution in [0.4, 0.5) is 0 Å². The van der Waals surface area contributed by atoms with Gasteiger partial charge in [-0.15, -0.1) is 0 Å². The lowest BCUT2D eigenvalue weighted by molar-refractivity contribution is -0.119. The molecule has 4 aromatic rings. The summed E-state index contributed by atoms with van der Waals surface area (Å²) < 4.78 is 5.47. The van der Waals surface area contributed by atoms with Gasteiger partial charge in [0, 0.05) is 34.1 Å². The highest BCUT2D eigenvalue weighted by Gasteiger charge is 2.18. The Morgan fingerprint density at radius 1 is 1.03 bits per heavy atom. The van der Waals surface area contributed by atoms with Gasteiger partial charge in [0.15, 0.2) is 6.61 Å². The third-order valence-electron chi connectivity index (χ3n) is 4.91. The van der Waals surface area contributed by atoms with Crippen LogP contribution < -0.4 is 10.5 Å². The average Bonchev–Trinajstić information content (AvgIpc) is 3.18. The van der Waals surface area contributed by atoms with Crippen molar-refractivity contribution in [3.05, 3.63) is 77.1 Å². The zero-order valence-corrected chi connectivity index (χ0v) is 17.9. The van der Waals surface area contributed by atoms with Crippen molar-refractivity contribution < 1.29 is 9.53 Å². The minimum Gasteiger partial charge on any atom is -0.484 e. The molecule has 0 saturated carbocycles. The number of hydrogen-bond acceptors (Lipinski definition) is 4. The average molecular weight is 433 g/mol. The van der Waals surface area contributed by atoms with Gasteiger partial charge in [-0.3, -0.25) is 9.78 Å². The van der Waals surface area contributed by atoms with Crippen molar-refractivity contribution in [3.8, 4) is 39.7 Å². The number of aryl methyl sites for hydroxylation is 2. The Labute approximate surface area is 185 Å². The van der Waals surface area contributed by atoms with Gasteiger partial charge in [-0.05, 0) is 61.4 Å². The molecule has 3 N–H and O–H groups in total. The van der Waals surface area contributed by atoms with E-state index in [1.165, 1.54) is 0 Å². The van der Waals surface area contributed by atoms with Gasteiger partial charge >= 0.3 is 0 Å². The van der Waals surface area contributed by atoms with Crippen molar-refractivity contribution in [3.63, 3.8) is 0 Å². The number of rotatable bonds is 6. The van der Waals surface area contributed by atoms with Crippen LogP contribution in [0.5, 0.6) is 5.75 Å². The number of nitrogens with two attached hydrogens (primary N) is 1. The zero-order valence-electron chi connectivity index (χ0n) is 17.1. The van der Waals surface area contributed by atoms with Gasteiger partial charge in [-0.2, -0.15) is 0 Å². The summed E-state index contributed by atoms with van der Waals surface area (Å²) in [7, 11) is 0. The van der Waals surface area contributed by atoms with Crippen molar-refractivity contribution in [2.45, 2.75) is 13.8 Å². The van der Waals surface area contributed by atoms with E-state index in [1.807, 2.05) is 62.4 Å². The summed E-state index contributed by atoms with van der Waals surface area (Å²) in [4.78, 5) is 23.6. The van der Waals surface area contributed by atoms with Gasteiger partial charge < -0.3 is 15.5 Å². The molecule has 0 aliphatic rings. The van der Waals surface area contributed by atoms with Crippen LogP contribution in [-0.4, -0.2) is 27.5 Å². The van der Waals surface area contributed by atoms with Crippen molar-refractivity contribution in [2.75, 3.05) is 6.61 Å². The molecular weight excluding hydrogens is 412 g/mol. The van der Waals surface area contributed by atoms with Gasteiger partial charge in [-0.25, -0.2) is 4.98 Å². The molecule has 156 valence electrons. The molecule has 0 bridgehead atoms. The second kappa shape index (κ2) is 8.62. The zero-order chi connectivity index (χ0) is 22.0. The molecule has 0 radical (unpaired) electrons. The highest BCUT2D eigenvalue weighted by Crippen LogP contribution is 2.36. The molecule has 2 aromatic heterocycles. The third kappa shape index (κ3) is 4.44. The molecular formula is C24H21ClN4O2. The lowest BCUT2D eigenvalue weighted by Crippen LogP contribution is -2.20. The Balaban J connectivity index is 1.83. The quantitative estimate of drug-likeness (QED) is 0.451. The molecule has 0 saturated heterocycles. The number of carbonyl (C=O) groups excluding carboxylic acids is 1. The fraction of sp³-hybridized carbons (Fsp3) is 0.125. The van der Waals surface area contributed by atoms with Gasteiger partial charge in [-0.1, -0.05) is 23.7 Å². The number of nitrogens with one attached hydrogen (secondary N) is 1. The number of benzene rings is 2. The number of ether oxygens (including phenoxy) is 1. The lowest BCUT2D eigenvalue weighted by Gasteiger charge is -2.11. The van der Waals surface area contributed by atoms with E-state index in [-0.39, 0.29) is 6.61 Å². The lowest BCUT2D eigenvalue weighted by atomic mass is 10.0. The summed E-state index contributed by atoms with van der Waals surface area (Å²) in [5.74, 6) is 0.824. The first-order chi connectivity index (χ1) is 14.9. The van der Waals surface area contributed by atoms with Crippen LogP contribution in [0.25, 0.3) is 33.9 Å². The number of H-pyrrole nitrogens is 1. The topological polar surface area (TPSA) is 93.9 Å². The SMILES string of the molecule is Cc1cc(OCC(N)=O)cc(C)c1-c1nc(-c2ccc(Cl)cc2)c(-c2ccncc2)[nH]1. The van der Waals surface area contributed by atoms with Crippen molar-refractivity contribution in [1.82, 2.24) is 15.0 Å². The molecule has 6 nitrogen and oxygen atoms in total. The molecule has 0 fully saturated rings. The predicted octanol–water partition coefficient (Wildman–Crippen LogP) is 4.94. The highest BCUT2D eigenvalue weighted by atomic mass is 35.5. The summed E-state index contributed by atoms with van der Waals surface area (Å²) >= 11 is 6.08. The maximum atomic E-state index is 11.0. The number of halogens is 1. The van der Waals surface area contributed by atoms with Crippen molar-refractivity contribution in [1.29, 1.82) is 0 Å². The van der Waals surface area contributed by atoms with E-state index in [4.69, 9.17) is 27.1 Å². The Hall–Kier alpha value is -3.64. The van der Waals surface area contributed by atoms with Crippen molar-refractivity contribution in [2.24, 2.45) is 5.73 Å².